The van der Waals surface area contributed by atoms with E-state index in [0.29, 0.717) is 6.54 Å². The molecule has 4 nitrogen and oxygen atoms in total. The van der Waals surface area contributed by atoms with E-state index in [1.165, 1.54) is 29.3 Å². The first-order chi connectivity index (χ1) is 12.5. The topological polar surface area (TPSA) is 49.4 Å². The molecule has 0 atom stereocenters. The zero-order chi connectivity index (χ0) is 18.4. The van der Waals surface area contributed by atoms with Gasteiger partial charge in [-0.3, -0.25) is 4.90 Å². The Hall–Kier alpha value is -1.76. The predicted molar refractivity (Wildman–Crippen MR) is 101 cm³/mol. The fraction of sp³-hybridized carbons (Fsp3) is 0.400. The molecule has 0 spiro atoms. The molecule has 0 aromatic heterocycles. The molecule has 2 aromatic carbocycles. The molecule has 0 unspecified atom stereocenters. The van der Waals surface area contributed by atoms with Crippen LogP contribution in [0.25, 0.3) is 0 Å². The Morgan fingerprint density at radius 2 is 1.81 bits per heavy atom. The normalized spacial score (nSPS) is 15.0. The van der Waals surface area contributed by atoms with E-state index in [0.717, 1.165) is 51.4 Å². The van der Waals surface area contributed by atoms with Gasteiger partial charge in [0.25, 0.3) is 0 Å². The lowest BCUT2D eigenvalue weighted by molar-refractivity contribution is 0.248. The minimum atomic E-state index is -3.62. The lowest BCUT2D eigenvalue weighted by atomic mass is 10.00. The Morgan fingerprint density at radius 3 is 2.62 bits per heavy atom. The number of halogens is 1. The quantitative estimate of drug-likeness (QED) is 0.719. The van der Waals surface area contributed by atoms with Crippen molar-refractivity contribution in [2.24, 2.45) is 0 Å². The molecule has 0 saturated carbocycles. The van der Waals surface area contributed by atoms with E-state index in [9.17, 15) is 12.8 Å². The highest BCUT2D eigenvalue weighted by Crippen LogP contribution is 2.18. The summed E-state index contributed by atoms with van der Waals surface area (Å²) in [5, 5.41) is 0. The van der Waals surface area contributed by atoms with Crippen molar-refractivity contribution in [3.63, 3.8) is 0 Å². The Balaban J connectivity index is 1.35. The van der Waals surface area contributed by atoms with Crippen molar-refractivity contribution in [1.82, 2.24) is 9.62 Å². The number of hydrogen-bond acceptors (Lipinski definition) is 3. The summed E-state index contributed by atoms with van der Waals surface area (Å²) >= 11 is 0. The minimum absolute atomic E-state index is 0.0236. The number of sulfonamides is 1. The molecular formula is C20H25FN2O2S. The number of rotatable bonds is 8. The third kappa shape index (κ3) is 5.13. The zero-order valence-corrected chi connectivity index (χ0v) is 15.6. The van der Waals surface area contributed by atoms with Crippen LogP contribution in [0.5, 0.6) is 0 Å². The monoisotopic (exact) mass is 376 g/mol. The Kier molecular flexibility index (Phi) is 6.40. The average Bonchev–Trinajstić information content (AvgIpc) is 2.64. The smallest absolute Gasteiger partial charge is 0.240 e. The predicted octanol–water partition coefficient (Wildman–Crippen LogP) is 3.33. The first-order valence-corrected chi connectivity index (χ1v) is 10.6. The van der Waals surface area contributed by atoms with Crippen LogP contribution in [0, 0.1) is 5.82 Å². The van der Waals surface area contributed by atoms with Gasteiger partial charge >= 0.3 is 0 Å². The van der Waals surface area contributed by atoms with Crippen molar-refractivity contribution in [3.05, 3.63) is 65.5 Å². The number of nitrogens with one attached hydrogen (secondary N) is 1. The highest BCUT2D eigenvalue weighted by molar-refractivity contribution is 7.89. The summed E-state index contributed by atoms with van der Waals surface area (Å²) in [6.45, 7) is 3.50. The second-order valence-electron chi connectivity index (χ2n) is 6.71. The number of benzene rings is 2. The number of hydrogen-bond donors (Lipinski definition) is 1. The van der Waals surface area contributed by atoms with Crippen LogP contribution in [-0.2, 0) is 23.0 Å². The third-order valence-corrected chi connectivity index (χ3v) is 6.22. The lowest BCUT2D eigenvalue weighted by Crippen LogP contribution is -2.31. The van der Waals surface area contributed by atoms with Gasteiger partial charge in [0.1, 0.15) is 5.82 Å². The fourth-order valence-electron chi connectivity index (χ4n) is 3.31. The Labute approximate surface area is 155 Å². The van der Waals surface area contributed by atoms with Gasteiger partial charge in [0.05, 0.1) is 4.90 Å². The van der Waals surface area contributed by atoms with Crippen molar-refractivity contribution >= 4 is 10.0 Å². The standard InChI is InChI=1S/C20H25FN2O2S/c21-19-9-6-10-20(15-19)26(24,25)22-12-4-1-5-13-23-14-11-17-7-2-3-8-18(17)16-23/h2-3,6-10,15,22H,1,4-5,11-14,16H2. The molecule has 140 valence electrons. The van der Waals surface area contributed by atoms with Crippen molar-refractivity contribution in [2.75, 3.05) is 19.6 Å². The number of nitrogens with zero attached hydrogens (tertiary/aromatic N) is 1. The van der Waals surface area contributed by atoms with Gasteiger partial charge in [-0.2, -0.15) is 0 Å². The molecule has 3 rings (SSSR count). The second-order valence-corrected chi connectivity index (χ2v) is 8.48. The first-order valence-electron chi connectivity index (χ1n) is 9.09. The van der Waals surface area contributed by atoms with Crippen LogP contribution < -0.4 is 4.72 Å². The average molecular weight is 376 g/mol. The molecule has 1 heterocycles. The highest BCUT2D eigenvalue weighted by atomic mass is 32.2. The number of unbranched alkanes of at least 4 members (excludes halogenated alkanes) is 2. The van der Waals surface area contributed by atoms with E-state index < -0.39 is 15.8 Å². The van der Waals surface area contributed by atoms with Gasteiger partial charge in [-0.1, -0.05) is 36.8 Å². The van der Waals surface area contributed by atoms with Crippen LogP contribution >= 0.6 is 0 Å². The fourth-order valence-corrected chi connectivity index (χ4v) is 4.41. The highest BCUT2D eigenvalue weighted by Gasteiger charge is 2.15. The van der Waals surface area contributed by atoms with Gasteiger partial charge < -0.3 is 0 Å². The van der Waals surface area contributed by atoms with E-state index >= 15 is 0 Å². The van der Waals surface area contributed by atoms with Crippen LogP contribution in [0.2, 0.25) is 0 Å². The van der Waals surface area contributed by atoms with Gasteiger partial charge in [-0.05, 0) is 55.1 Å². The molecule has 0 radical (unpaired) electrons. The van der Waals surface area contributed by atoms with Crippen LogP contribution in [0.3, 0.4) is 0 Å². The summed E-state index contributed by atoms with van der Waals surface area (Å²) in [6.07, 6.45) is 3.89. The SMILES string of the molecule is O=S(=O)(NCCCCCN1CCc2ccccc2C1)c1cccc(F)c1. The minimum Gasteiger partial charge on any atom is -0.299 e. The molecule has 1 aliphatic heterocycles. The van der Waals surface area contributed by atoms with Gasteiger partial charge in [0.2, 0.25) is 10.0 Å². The van der Waals surface area contributed by atoms with Gasteiger partial charge in [0.15, 0.2) is 0 Å². The van der Waals surface area contributed by atoms with E-state index in [2.05, 4.69) is 33.9 Å². The van der Waals surface area contributed by atoms with Crippen molar-refractivity contribution in [1.29, 1.82) is 0 Å². The molecule has 0 aliphatic carbocycles. The van der Waals surface area contributed by atoms with Gasteiger partial charge in [-0.15, -0.1) is 0 Å². The second kappa shape index (κ2) is 8.75. The Morgan fingerprint density at radius 1 is 1.00 bits per heavy atom. The van der Waals surface area contributed by atoms with Crippen LogP contribution in [0.4, 0.5) is 4.39 Å². The van der Waals surface area contributed by atoms with Crippen LogP contribution in [0.15, 0.2) is 53.4 Å². The molecule has 26 heavy (non-hydrogen) atoms. The maximum absolute atomic E-state index is 13.2. The first kappa shape index (κ1) is 19.0. The maximum Gasteiger partial charge on any atom is 0.240 e. The lowest BCUT2D eigenvalue weighted by Gasteiger charge is -2.28. The largest absolute Gasteiger partial charge is 0.299 e. The molecule has 1 aliphatic rings. The summed E-state index contributed by atoms with van der Waals surface area (Å²) < 4.78 is 39.9. The molecule has 0 saturated heterocycles. The van der Waals surface area contributed by atoms with Crippen LogP contribution in [0.1, 0.15) is 30.4 Å². The van der Waals surface area contributed by atoms with Crippen LogP contribution in [-0.4, -0.2) is 33.0 Å². The van der Waals surface area contributed by atoms with E-state index in [-0.39, 0.29) is 4.90 Å². The van der Waals surface area contributed by atoms with E-state index in [1.807, 2.05) is 0 Å². The molecule has 2 aromatic rings. The molecule has 1 N–H and O–H groups in total. The zero-order valence-electron chi connectivity index (χ0n) is 14.8. The van der Waals surface area contributed by atoms with Crippen molar-refractivity contribution in [3.8, 4) is 0 Å². The van der Waals surface area contributed by atoms with E-state index in [1.54, 1.807) is 0 Å². The molecule has 0 fully saturated rings. The summed E-state index contributed by atoms with van der Waals surface area (Å²) in [6, 6.07) is 13.7. The molecule has 6 heteroatoms. The van der Waals surface area contributed by atoms with Gasteiger partial charge in [-0.25, -0.2) is 17.5 Å². The van der Waals surface area contributed by atoms with Crippen molar-refractivity contribution < 1.29 is 12.8 Å². The summed E-state index contributed by atoms with van der Waals surface area (Å²) in [5.41, 5.74) is 2.87. The summed E-state index contributed by atoms with van der Waals surface area (Å²) in [5.74, 6) is -0.545. The summed E-state index contributed by atoms with van der Waals surface area (Å²) in [7, 11) is -3.62. The van der Waals surface area contributed by atoms with Gasteiger partial charge in [0, 0.05) is 19.6 Å². The Bertz CT molecular complexity index is 839. The molecular weight excluding hydrogens is 351 g/mol. The number of fused-ring (bicyclic) bond motifs is 1. The molecule has 0 bridgehead atoms. The molecule has 0 amide bonds. The third-order valence-electron chi connectivity index (χ3n) is 4.76. The maximum atomic E-state index is 13.2. The summed E-state index contributed by atoms with van der Waals surface area (Å²) in [4.78, 5) is 2.43. The van der Waals surface area contributed by atoms with E-state index in [4.69, 9.17) is 0 Å². The van der Waals surface area contributed by atoms with Crippen molar-refractivity contribution in [2.45, 2.75) is 37.1 Å².